The van der Waals surface area contributed by atoms with Crippen LogP contribution in [0, 0.1) is 17.8 Å². The monoisotopic (exact) mass is 258 g/mol. The third-order valence-electron chi connectivity index (χ3n) is 5.79. The summed E-state index contributed by atoms with van der Waals surface area (Å²) in [7, 11) is 0. The lowest BCUT2D eigenvalue weighted by molar-refractivity contribution is 0.0288. The van der Waals surface area contributed by atoms with Gasteiger partial charge in [0.25, 0.3) is 0 Å². The maximum Gasteiger partial charge on any atom is 0.0665 e. The normalized spacial score (nSPS) is 34.8. The summed E-state index contributed by atoms with van der Waals surface area (Å²) in [5.74, 6) is 2.10. The Bertz CT molecular complexity index is 421. The molecule has 4 atom stereocenters. The summed E-state index contributed by atoms with van der Waals surface area (Å²) in [4.78, 5) is 0. The quantitative estimate of drug-likeness (QED) is 0.863. The zero-order chi connectivity index (χ0) is 13.5. The molecule has 1 aromatic rings. The summed E-state index contributed by atoms with van der Waals surface area (Å²) in [6, 6.07) is 10.7. The van der Waals surface area contributed by atoms with E-state index in [-0.39, 0.29) is 11.5 Å². The third-order valence-corrected chi connectivity index (χ3v) is 5.79. The summed E-state index contributed by atoms with van der Waals surface area (Å²) in [5.41, 5.74) is 1.44. The maximum atomic E-state index is 10.9. The van der Waals surface area contributed by atoms with Crippen LogP contribution in [0.1, 0.15) is 51.5 Å². The lowest BCUT2D eigenvalue weighted by atomic mass is 9.70. The Balaban J connectivity index is 1.75. The highest BCUT2D eigenvalue weighted by molar-refractivity contribution is 5.33. The summed E-state index contributed by atoms with van der Waals surface area (Å²) in [6.07, 6.45) is 5.90. The van der Waals surface area contributed by atoms with Crippen LogP contribution in [0.25, 0.3) is 0 Å². The van der Waals surface area contributed by atoms with E-state index in [1.807, 2.05) is 0 Å². The van der Waals surface area contributed by atoms with Crippen LogP contribution in [-0.4, -0.2) is 11.2 Å². The Hall–Kier alpha value is -0.820. The van der Waals surface area contributed by atoms with E-state index in [1.165, 1.54) is 37.7 Å². The molecule has 0 bridgehead atoms. The minimum atomic E-state index is -0.134. The summed E-state index contributed by atoms with van der Waals surface area (Å²) in [6.45, 7) is 4.71. The highest BCUT2D eigenvalue weighted by atomic mass is 16.3. The molecular formula is C18H26O. The number of aliphatic hydroxyl groups is 1. The van der Waals surface area contributed by atoms with Gasteiger partial charge in [-0.25, -0.2) is 0 Å². The van der Waals surface area contributed by atoms with Crippen molar-refractivity contribution in [1.29, 1.82) is 0 Å². The van der Waals surface area contributed by atoms with Crippen LogP contribution >= 0.6 is 0 Å². The summed E-state index contributed by atoms with van der Waals surface area (Å²) < 4.78 is 0. The van der Waals surface area contributed by atoms with Crippen LogP contribution in [0.4, 0.5) is 0 Å². The van der Waals surface area contributed by atoms with E-state index in [1.54, 1.807) is 0 Å². The van der Waals surface area contributed by atoms with Crippen molar-refractivity contribution in [3.63, 3.8) is 0 Å². The van der Waals surface area contributed by atoms with E-state index in [2.05, 4.69) is 44.2 Å². The van der Waals surface area contributed by atoms with Gasteiger partial charge < -0.3 is 5.11 Å². The predicted octanol–water partition coefficient (Wildman–Crippen LogP) is 4.15. The predicted molar refractivity (Wildman–Crippen MR) is 79.0 cm³/mol. The molecule has 2 fully saturated rings. The fourth-order valence-electron chi connectivity index (χ4n) is 3.99. The third kappa shape index (κ3) is 2.33. The van der Waals surface area contributed by atoms with Crippen molar-refractivity contribution < 1.29 is 5.11 Å². The van der Waals surface area contributed by atoms with E-state index in [9.17, 15) is 5.11 Å². The van der Waals surface area contributed by atoms with Gasteiger partial charge in [-0.2, -0.15) is 0 Å². The molecule has 0 heterocycles. The molecule has 1 nitrogen and oxygen atoms in total. The van der Waals surface area contributed by atoms with Gasteiger partial charge in [-0.15, -0.1) is 0 Å². The largest absolute Gasteiger partial charge is 0.392 e. The van der Waals surface area contributed by atoms with Gasteiger partial charge in [-0.3, -0.25) is 0 Å². The minimum absolute atomic E-state index is 0.0895. The van der Waals surface area contributed by atoms with Crippen LogP contribution < -0.4 is 0 Å². The first-order chi connectivity index (χ1) is 9.13. The molecule has 1 aromatic carbocycles. The second-order valence-electron chi connectivity index (χ2n) is 6.99. The smallest absolute Gasteiger partial charge is 0.0665 e. The first kappa shape index (κ1) is 13.2. The van der Waals surface area contributed by atoms with Gasteiger partial charge in [0, 0.05) is 5.41 Å². The SMILES string of the molecule is CC1CCC(C(O)C2(c3ccccc3)CC2)CC1C. The van der Waals surface area contributed by atoms with E-state index < -0.39 is 0 Å². The first-order valence-corrected chi connectivity index (χ1v) is 7.87. The molecule has 2 aliphatic carbocycles. The average Bonchev–Trinajstić information content (AvgIpc) is 3.24. The second kappa shape index (κ2) is 4.94. The number of benzene rings is 1. The van der Waals surface area contributed by atoms with E-state index in [4.69, 9.17) is 0 Å². The fraction of sp³-hybridized carbons (Fsp3) is 0.667. The summed E-state index contributed by atoms with van der Waals surface area (Å²) in [5, 5.41) is 10.9. The zero-order valence-corrected chi connectivity index (χ0v) is 12.2. The molecule has 0 radical (unpaired) electrons. The molecular weight excluding hydrogens is 232 g/mol. The Morgan fingerprint density at radius 3 is 2.32 bits per heavy atom. The molecule has 0 aliphatic heterocycles. The molecule has 0 saturated heterocycles. The van der Waals surface area contributed by atoms with Gasteiger partial charge in [0.2, 0.25) is 0 Å². The number of aliphatic hydroxyl groups excluding tert-OH is 1. The van der Waals surface area contributed by atoms with Crippen molar-refractivity contribution in [3.8, 4) is 0 Å². The highest BCUT2D eigenvalue weighted by Gasteiger charge is 2.53. The maximum absolute atomic E-state index is 10.9. The van der Waals surface area contributed by atoms with E-state index in [0.29, 0.717) is 5.92 Å². The zero-order valence-electron chi connectivity index (χ0n) is 12.2. The van der Waals surface area contributed by atoms with Crippen LogP contribution in [0.2, 0.25) is 0 Å². The molecule has 104 valence electrons. The molecule has 4 unspecified atom stereocenters. The molecule has 0 amide bonds. The van der Waals surface area contributed by atoms with Gasteiger partial charge in [0.15, 0.2) is 0 Å². The molecule has 3 rings (SSSR count). The molecule has 1 N–H and O–H groups in total. The molecule has 1 heteroatoms. The van der Waals surface area contributed by atoms with E-state index in [0.717, 1.165) is 11.8 Å². The molecule has 0 spiro atoms. The van der Waals surface area contributed by atoms with Crippen LogP contribution in [-0.2, 0) is 5.41 Å². The van der Waals surface area contributed by atoms with Crippen LogP contribution in [0.5, 0.6) is 0 Å². The number of hydrogen-bond donors (Lipinski definition) is 1. The topological polar surface area (TPSA) is 20.2 Å². The standard InChI is InChI=1S/C18H26O/c1-13-8-9-15(12-14(13)2)17(19)18(10-11-18)16-6-4-3-5-7-16/h3-7,13-15,17,19H,8-12H2,1-2H3. The molecule has 19 heavy (non-hydrogen) atoms. The Morgan fingerprint density at radius 2 is 1.74 bits per heavy atom. The lowest BCUT2D eigenvalue weighted by Crippen LogP contribution is -2.37. The average molecular weight is 258 g/mol. The van der Waals surface area contributed by atoms with Crippen molar-refractivity contribution in [2.75, 3.05) is 0 Å². The van der Waals surface area contributed by atoms with Crippen molar-refractivity contribution >= 4 is 0 Å². The highest BCUT2D eigenvalue weighted by Crippen LogP contribution is 2.54. The van der Waals surface area contributed by atoms with Gasteiger partial charge in [-0.05, 0) is 49.0 Å². The Labute approximate surface area is 117 Å². The van der Waals surface area contributed by atoms with Gasteiger partial charge >= 0.3 is 0 Å². The minimum Gasteiger partial charge on any atom is -0.392 e. The van der Waals surface area contributed by atoms with E-state index >= 15 is 0 Å². The lowest BCUT2D eigenvalue weighted by Gasteiger charge is -2.38. The fourth-order valence-corrected chi connectivity index (χ4v) is 3.99. The Morgan fingerprint density at radius 1 is 1.05 bits per heavy atom. The molecule has 2 aliphatic rings. The van der Waals surface area contributed by atoms with Gasteiger partial charge in [-0.1, -0.05) is 50.6 Å². The van der Waals surface area contributed by atoms with Crippen LogP contribution in [0.15, 0.2) is 30.3 Å². The van der Waals surface area contributed by atoms with Crippen molar-refractivity contribution in [2.24, 2.45) is 17.8 Å². The van der Waals surface area contributed by atoms with Crippen molar-refractivity contribution in [2.45, 2.75) is 57.5 Å². The second-order valence-corrected chi connectivity index (χ2v) is 6.99. The van der Waals surface area contributed by atoms with Crippen molar-refractivity contribution in [3.05, 3.63) is 35.9 Å². The van der Waals surface area contributed by atoms with Crippen LogP contribution in [0.3, 0.4) is 0 Å². The first-order valence-electron chi connectivity index (χ1n) is 7.87. The molecule has 2 saturated carbocycles. The molecule has 0 aromatic heterocycles. The van der Waals surface area contributed by atoms with Gasteiger partial charge in [0.1, 0.15) is 0 Å². The Kier molecular flexibility index (Phi) is 3.42. The number of hydrogen-bond acceptors (Lipinski definition) is 1. The summed E-state index contributed by atoms with van der Waals surface area (Å²) >= 11 is 0. The van der Waals surface area contributed by atoms with Gasteiger partial charge in [0.05, 0.1) is 6.10 Å². The van der Waals surface area contributed by atoms with Crippen molar-refractivity contribution in [1.82, 2.24) is 0 Å². The number of rotatable bonds is 3.